The standard InChI is InChI=1S/C35H37Cl2F2N7O3/c1-45-28-10-14-46(13-4-11-38)19-27(28)43-34(45)35(48)44-26-6-3-5-22(31(26)36)23-9-12-41-33(32(23)37)20-15-25(39)24(29(16-20)49-2)18-40-17-21-7-8-30(47)42-21/h3,5-6,9,12,15-16,21,40H,4,7-8,10-11,13-14,17-19H2,1-2H3,(H,42,47)(H,44,48)/t21-/m0/s1. The Labute approximate surface area is 293 Å². The number of rotatable bonds is 12. The van der Waals surface area contributed by atoms with Crippen LogP contribution >= 0.6 is 23.2 Å². The van der Waals surface area contributed by atoms with Gasteiger partial charge in [-0.1, -0.05) is 35.3 Å². The van der Waals surface area contributed by atoms with Crippen molar-refractivity contribution in [2.45, 2.75) is 44.8 Å². The zero-order valence-electron chi connectivity index (χ0n) is 27.2. The fourth-order valence-electron chi connectivity index (χ4n) is 6.43. The number of carbonyl (C=O) groups excluding carboxylic acids is 2. The highest BCUT2D eigenvalue weighted by atomic mass is 35.5. The summed E-state index contributed by atoms with van der Waals surface area (Å²) in [6, 6.07) is 9.97. The van der Waals surface area contributed by atoms with E-state index in [-0.39, 0.29) is 41.0 Å². The van der Waals surface area contributed by atoms with E-state index in [9.17, 15) is 14.0 Å². The highest BCUT2D eigenvalue weighted by molar-refractivity contribution is 6.39. The number of imidazole rings is 1. The Morgan fingerprint density at radius 1 is 1.16 bits per heavy atom. The van der Waals surface area contributed by atoms with E-state index >= 15 is 4.39 Å². The molecule has 0 unspecified atom stereocenters. The number of alkyl halides is 1. The van der Waals surface area contributed by atoms with Crippen LogP contribution in [0.4, 0.5) is 14.5 Å². The predicted octanol–water partition coefficient (Wildman–Crippen LogP) is 5.94. The Balaban J connectivity index is 1.22. The number of halogens is 4. The van der Waals surface area contributed by atoms with Crippen molar-refractivity contribution >= 4 is 40.7 Å². The van der Waals surface area contributed by atoms with Crippen LogP contribution < -0.4 is 20.7 Å². The summed E-state index contributed by atoms with van der Waals surface area (Å²) >= 11 is 13.8. The maximum absolute atomic E-state index is 15.5. The number of hydrogen-bond acceptors (Lipinski definition) is 7. The molecular formula is C35H37Cl2F2N7O3. The number of methoxy groups -OCH3 is 1. The lowest BCUT2D eigenvalue weighted by atomic mass is 10.0. The average molecular weight is 713 g/mol. The lowest BCUT2D eigenvalue weighted by Gasteiger charge is -2.26. The molecule has 2 aromatic carbocycles. The topological polar surface area (TPSA) is 113 Å². The highest BCUT2D eigenvalue weighted by Gasteiger charge is 2.26. The second-order valence-corrected chi connectivity index (χ2v) is 12.9. The van der Waals surface area contributed by atoms with Crippen molar-refractivity contribution in [3.8, 4) is 28.1 Å². The molecular weight excluding hydrogens is 675 g/mol. The third-order valence-electron chi connectivity index (χ3n) is 9.00. The minimum atomic E-state index is -0.494. The van der Waals surface area contributed by atoms with Gasteiger partial charge in [0.15, 0.2) is 5.82 Å². The molecule has 2 aliphatic heterocycles. The lowest BCUT2D eigenvalue weighted by Crippen LogP contribution is -2.35. The highest BCUT2D eigenvalue weighted by Crippen LogP contribution is 2.41. The van der Waals surface area contributed by atoms with E-state index < -0.39 is 11.7 Å². The second kappa shape index (κ2) is 15.2. The largest absolute Gasteiger partial charge is 0.496 e. The minimum absolute atomic E-state index is 0.0107. The van der Waals surface area contributed by atoms with Crippen molar-refractivity contribution in [3.05, 3.63) is 81.2 Å². The number of ether oxygens (including phenoxy) is 1. The van der Waals surface area contributed by atoms with Crippen LogP contribution in [0.1, 0.15) is 46.8 Å². The number of nitrogens with one attached hydrogen (secondary N) is 3. The number of aromatic nitrogens is 3. The van der Waals surface area contributed by atoms with Crippen LogP contribution in [0, 0.1) is 5.82 Å². The lowest BCUT2D eigenvalue weighted by molar-refractivity contribution is -0.119. The summed E-state index contributed by atoms with van der Waals surface area (Å²) in [5.41, 5.74) is 4.33. The van der Waals surface area contributed by atoms with Crippen LogP contribution in [0.25, 0.3) is 22.4 Å². The Morgan fingerprint density at radius 2 is 1.98 bits per heavy atom. The average Bonchev–Trinajstić information content (AvgIpc) is 3.67. The van der Waals surface area contributed by atoms with E-state index in [1.54, 1.807) is 41.1 Å². The van der Waals surface area contributed by atoms with Gasteiger partial charge >= 0.3 is 0 Å². The quantitative estimate of drug-likeness (QED) is 0.167. The molecule has 6 rings (SSSR count). The van der Waals surface area contributed by atoms with Gasteiger partial charge in [0.1, 0.15) is 11.6 Å². The van der Waals surface area contributed by atoms with Crippen LogP contribution in [0.2, 0.25) is 10.0 Å². The van der Waals surface area contributed by atoms with E-state index in [0.29, 0.717) is 78.3 Å². The monoisotopic (exact) mass is 711 g/mol. The molecule has 2 aromatic heterocycles. The minimum Gasteiger partial charge on any atom is -0.496 e. The molecule has 1 atom stereocenters. The van der Waals surface area contributed by atoms with E-state index in [0.717, 1.165) is 24.4 Å². The van der Waals surface area contributed by atoms with Gasteiger partial charge in [-0.3, -0.25) is 23.9 Å². The third kappa shape index (κ3) is 7.42. The summed E-state index contributed by atoms with van der Waals surface area (Å²) in [6.45, 7) is 2.33. The van der Waals surface area contributed by atoms with Crippen molar-refractivity contribution < 1.29 is 23.1 Å². The van der Waals surface area contributed by atoms with E-state index in [2.05, 4.69) is 30.8 Å². The molecule has 1 fully saturated rings. The summed E-state index contributed by atoms with van der Waals surface area (Å²) in [7, 11) is 3.28. The molecule has 4 heterocycles. The summed E-state index contributed by atoms with van der Waals surface area (Å²) in [5.74, 6) is -0.313. The fourth-order valence-corrected chi connectivity index (χ4v) is 7.03. The first-order valence-corrected chi connectivity index (χ1v) is 16.9. The van der Waals surface area contributed by atoms with Crippen molar-refractivity contribution in [2.75, 3.05) is 38.7 Å². The number of nitrogens with zero attached hydrogens (tertiary/aromatic N) is 4. The molecule has 258 valence electrons. The Morgan fingerprint density at radius 3 is 2.73 bits per heavy atom. The first kappa shape index (κ1) is 34.8. The Bertz CT molecular complexity index is 1890. The van der Waals surface area contributed by atoms with Crippen LogP contribution in [0.15, 0.2) is 42.6 Å². The maximum atomic E-state index is 15.5. The number of hydrogen-bond donors (Lipinski definition) is 3. The van der Waals surface area contributed by atoms with E-state index in [1.807, 2.05) is 7.05 Å². The fraction of sp³-hybridized carbons (Fsp3) is 0.371. The first-order chi connectivity index (χ1) is 23.7. The van der Waals surface area contributed by atoms with Gasteiger partial charge in [-0.15, -0.1) is 0 Å². The smallest absolute Gasteiger partial charge is 0.291 e. The normalized spacial score (nSPS) is 16.0. The molecule has 0 radical (unpaired) electrons. The second-order valence-electron chi connectivity index (χ2n) is 12.2. The van der Waals surface area contributed by atoms with Gasteiger partial charge in [0.05, 0.1) is 40.9 Å². The number of carbonyl (C=O) groups is 2. The first-order valence-electron chi connectivity index (χ1n) is 16.1. The number of pyridine rings is 1. The molecule has 2 amide bonds. The summed E-state index contributed by atoms with van der Waals surface area (Å²) in [4.78, 5) is 36.2. The molecule has 2 aliphatic rings. The Kier molecular flexibility index (Phi) is 10.8. The van der Waals surface area contributed by atoms with Gasteiger partial charge in [0, 0.05) is 92.8 Å². The van der Waals surface area contributed by atoms with Crippen LogP contribution in [-0.4, -0.2) is 70.7 Å². The molecule has 0 spiro atoms. The summed E-state index contributed by atoms with van der Waals surface area (Å²) < 4.78 is 35.5. The maximum Gasteiger partial charge on any atom is 0.291 e. The molecule has 0 bridgehead atoms. The Hall–Kier alpha value is -4.10. The SMILES string of the molecule is COc1cc(-c2nccc(-c3cccc(NC(=O)c4nc5c(n4C)CCN(CCCF)C5)c3Cl)c2Cl)cc(F)c1CNC[C@@H]1CCC(=O)N1. The van der Waals surface area contributed by atoms with Crippen molar-refractivity contribution in [3.63, 3.8) is 0 Å². The van der Waals surface area contributed by atoms with Gasteiger partial charge < -0.3 is 25.3 Å². The molecule has 3 N–H and O–H groups in total. The van der Waals surface area contributed by atoms with Crippen molar-refractivity contribution in [1.29, 1.82) is 0 Å². The van der Waals surface area contributed by atoms with Crippen molar-refractivity contribution in [1.82, 2.24) is 30.1 Å². The number of anilines is 1. The molecule has 10 nitrogen and oxygen atoms in total. The molecule has 1 saturated heterocycles. The van der Waals surface area contributed by atoms with Gasteiger partial charge in [0.25, 0.3) is 5.91 Å². The van der Waals surface area contributed by atoms with Gasteiger partial charge in [-0.2, -0.15) is 0 Å². The van der Waals surface area contributed by atoms with Crippen molar-refractivity contribution in [2.24, 2.45) is 7.05 Å². The summed E-state index contributed by atoms with van der Waals surface area (Å²) in [6.07, 6.45) is 3.97. The zero-order chi connectivity index (χ0) is 34.7. The third-order valence-corrected chi connectivity index (χ3v) is 9.79. The van der Waals surface area contributed by atoms with Crippen LogP contribution in [0.3, 0.4) is 0 Å². The number of amides is 2. The van der Waals surface area contributed by atoms with E-state index in [1.165, 1.54) is 13.2 Å². The molecule has 14 heteroatoms. The molecule has 0 saturated carbocycles. The molecule has 49 heavy (non-hydrogen) atoms. The van der Waals surface area contributed by atoms with Crippen LogP contribution in [-0.2, 0) is 31.4 Å². The zero-order valence-corrected chi connectivity index (χ0v) is 28.7. The predicted molar refractivity (Wildman–Crippen MR) is 185 cm³/mol. The van der Waals surface area contributed by atoms with Crippen LogP contribution in [0.5, 0.6) is 5.75 Å². The number of benzene rings is 2. The van der Waals surface area contributed by atoms with E-state index in [4.69, 9.17) is 27.9 Å². The molecule has 4 aromatic rings. The number of fused-ring (bicyclic) bond motifs is 1. The van der Waals surface area contributed by atoms with Gasteiger partial charge in [-0.25, -0.2) is 9.37 Å². The van der Waals surface area contributed by atoms with Gasteiger partial charge in [-0.05, 0) is 37.1 Å². The molecule has 0 aliphatic carbocycles. The summed E-state index contributed by atoms with van der Waals surface area (Å²) in [5, 5.41) is 9.48. The van der Waals surface area contributed by atoms with Gasteiger partial charge in [0.2, 0.25) is 5.91 Å².